The van der Waals surface area contributed by atoms with E-state index in [0.717, 1.165) is 12.8 Å². The van der Waals surface area contributed by atoms with Crippen LogP contribution in [0.3, 0.4) is 0 Å². The van der Waals surface area contributed by atoms with Crippen molar-refractivity contribution in [2.45, 2.75) is 18.9 Å². The van der Waals surface area contributed by atoms with E-state index in [1.165, 1.54) is 19.2 Å². The number of methoxy groups -OCH3 is 1. The van der Waals surface area contributed by atoms with E-state index in [-0.39, 0.29) is 29.7 Å². The van der Waals surface area contributed by atoms with E-state index < -0.39 is 11.9 Å². The molecule has 1 fully saturated rings. The standard InChI is InChI=1S/C14H15NO5/c1-19-13(17)10-4-2-3-5-11(10)14(18)20-8-12(16)15-9-6-7-9/h2-5,9H,6-8H2,1H3,(H,15,16). The zero-order chi connectivity index (χ0) is 14.5. The van der Waals surface area contributed by atoms with E-state index in [1.54, 1.807) is 12.1 Å². The lowest BCUT2D eigenvalue weighted by Crippen LogP contribution is -2.30. The monoisotopic (exact) mass is 277 g/mol. The summed E-state index contributed by atoms with van der Waals surface area (Å²) < 4.78 is 9.48. The first-order valence-electron chi connectivity index (χ1n) is 6.25. The molecule has 6 heteroatoms. The largest absolute Gasteiger partial charge is 0.465 e. The normalized spacial score (nSPS) is 13.4. The highest BCUT2D eigenvalue weighted by Crippen LogP contribution is 2.18. The zero-order valence-electron chi connectivity index (χ0n) is 11.0. The minimum Gasteiger partial charge on any atom is -0.465 e. The van der Waals surface area contributed by atoms with Gasteiger partial charge in [-0.15, -0.1) is 0 Å². The number of carbonyl (C=O) groups is 3. The maximum Gasteiger partial charge on any atom is 0.339 e. The molecule has 0 bridgehead atoms. The highest BCUT2D eigenvalue weighted by atomic mass is 16.5. The molecule has 1 aliphatic carbocycles. The summed E-state index contributed by atoms with van der Waals surface area (Å²) in [5.41, 5.74) is 0.196. The fourth-order valence-corrected chi connectivity index (χ4v) is 1.65. The molecule has 0 atom stereocenters. The van der Waals surface area contributed by atoms with E-state index in [4.69, 9.17) is 4.74 Å². The van der Waals surface area contributed by atoms with Gasteiger partial charge >= 0.3 is 11.9 Å². The molecule has 0 aliphatic heterocycles. The minimum absolute atomic E-state index is 0.0820. The minimum atomic E-state index is -0.725. The zero-order valence-corrected chi connectivity index (χ0v) is 11.0. The molecule has 106 valence electrons. The molecule has 0 heterocycles. The molecule has 1 N–H and O–H groups in total. The number of hydrogen-bond donors (Lipinski definition) is 1. The molecular weight excluding hydrogens is 262 g/mol. The Morgan fingerprint density at radius 3 is 2.30 bits per heavy atom. The van der Waals surface area contributed by atoms with Gasteiger partial charge in [0.25, 0.3) is 5.91 Å². The van der Waals surface area contributed by atoms with Crippen LogP contribution in [0.2, 0.25) is 0 Å². The summed E-state index contributed by atoms with van der Waals surface area (Å²) in [6.07, 6.45) is 1.93. The third-order valence-electron chi connectivity index (χ3n) is 2.83. The second-order valence-electron chi connectivity index (χ2n) is 4.46. The van der Waals surface area contributed by atoms with Crippen molar-refractivity contribution in [1.82, 2.24) is 5.32 Å². The van der Waals surface area contributed by atoms with Crippen molar-refractivity contribution < 1.29 is 23.9 Å². The van der Waals surface area contributed by atoms with Gasteiger partial charge in [0.05, 0.1) is 18.2 Å². The van der Waals surface area contributed by atoms with Crippen molar-refractivity contribution in [3.8, 4) is 0 Å². The Morgan fingerprint density at radius 2 is 1.75 bits per heavy atom. The van der Waals surface area contributed by atoms with Gasteiger partial charge in [-0.2, -0.15) is 0 Å². The van der Waals surface area contributed by atoms with E-state index in [1.807, 2.05) is 0 Å². The molecule has 0 radical (unpaired) electrons. The van der Waals surface area contributed by atoms with Gasteiger partial charge in [0.15, 0.2) is 6.61 Å². The average Bonchev–Trinajstić information content (AvgIpc) is 3.27. The van der Waals surface area contributed by atoms with Crippen molar-refractivity contribution >= 4 is 17.8 Å². The molecule has 0 unspecified atom stereocenters. The Morgan fingerprint density at radius 1 is 1.15 bits per heavy atom. The van der Waals surface area contributed by atoms with E-state index >= 15 is 0 Å². The molecule has 0 saturated heterocycles. The van der Waals surface area contributed by atoms with E-state index in [9.17, 15) is 14.4 Å². The molecule has 6 nitrogen and oxygen atoms in total. The lowest BCUT2D eigenvalue weighted by molar-refractivity contribution is -0.124. The predicted octanol–water partition coefficient (Wildman–Crippen LogP) is 0.909. The Hall–Kier alpha value is -2.37. The van der Waals surface area contributed by atoms with Crippen LogP contribution in [0.15, 0.2) is 24.3 Å². The van der Waals surface area contributed by atoms with Crippen LogP contribution in [-0.2, 0) is 14.3 Å². The highest BCUT2D eigenvalue weighted by molar-refractivity contribution is 6.03. The molecule has 1 saturated carbocycles. The Labute approximate surface area is 116 Å². The summed E-state index contributed by atoms with van der Waals surface area (Å²) >= 11 is 0. The van der Waals surface area contributed by atoms with Crippen LogP contribution in [0.4, 0.5) is 0 Å². The SMILES string of the molecule is COC(=O)c1ccccc1C(=O)OCC(=O)NC1CC1. The summed E-state index contributed by atoms with van der Waals surface area (Å²) in [6, 6.07) is 6.35. The molecule has 1 amide bonds. The second-order valence-corrected chi connectivity index (χ2v) is 4.46. The van der Waals surface area contributed by atoms with Crippen LogP contribution in [-0.4, -0.2) is 37.6 Å². The number of amides is 1. The van der Waals surface area contributed by atoms with Crippen molar-refractivity contribution in [3.05, 3.63) is 35.4 Å². The van der Waals surface area contributed by atoms with Gasteiger partial charge in [-0.05, 0) is 25.0 Å². The maximum atomic E-state index is 11.9. The van der Waals surface area contributed by atoms with Gasteiger partial charge < -0.3 is 14.8 Å². The first-order chi connectivity index (χ1) is 9.61. The summed E-state index contributed by atoms with van der Waals surface area (Å²) in [5.74, 6) is -1.69. The Kier molecular flexibility index (Phi) is 4.34. The quantitative estimate of drug-likeness (QED) is 0.809. The van der Waals surface area contributed by atoms with Gasteiger partial charge in [0.2, 0.25) is 0 Å². The number of hydrogen-bond acceptors (Lipinski definition) is 5. The van der Waals surface area contributed by atoms with Crippen molar-refractivity contribution in [3.63, 3.8) is 0 Å². The van der Waals surface area contributed by atoms with Gasteiger partial charge in [0.1, 0.15) is 0 Å². The molecular formula is C14H15NO5. The average molecular weight is 277 g/mol. The lowest BCUT2D eigenvalue weighted by atomic mass is 10.1. The van der Waals surface area contributed by atoms with Crippen LogP contribution in [0.25, 0.3) is 0 Å². The van der Waals surface area contributed by atoms with Crippen molar-refractivity contribution in [2.24, 2.45) is 0 Å². The number of ether oxygens (including phenoxy) is 2. The van der Waals surface area contributed by atoms with E-state index in [0.29, 0.717) is 0 Å². The summed E-state index contributed by atoms with van der Waals surface area (Å²) in [6.45, 7) is -0.356. The first-order valence-corrected chi connectivity index (χ1v) is 6.25. The van der Waals surface area contributed by atoms with Crippen LogP contribution in [0, 0.1) is 0 Å². The van der Waals surface area contributed by atoms with Gasteiger partial charge in [-0.25, -0.2) is 9.59 Å². The smallest absolute Gasteiger partial charge is 0.339 e. The van der Waals surface area contributed by atoms with Crippen LogP contribution in [0.5, 0.6) is 0 Å². The number of esters is 2. The van der Waals surface area contributed by atoms with Crippen LogP contribution in [0.1, 0.15) is 33.6 Å². The van der Waals surface area contributed by atoms with Crippen molar-refractivity contribution in [1.29, 1.82) is 0 Å². The summed E-state index contributed by atoms with van der Waals surface area (Å²) in [4.78, 5) is 34.8. The fraction of sp³-hybridized carbons (Fsp3) is 0.357. The highest BCUT2D eigenvalue weighted by Gasteiger charge is 2.24. The van der Waals surface area contributed by atoms with Crippen LogP contribution < -0.4 is 5.32 Å². The molecule has 1 aromatic rings. The lowest BCUT2D eigenvalue weighted by Gasteiger charge is -2.08. The molecule has 1 aliphatic rings. The van der Waals surface area contributed by atoms with Crippen LogP contribution >= 0.6 is 0 Å². The number of nitrogens with one attached hydrogen (secondary N) is 1. The summed E-state index contributed by atoms with van der Waals surface area (Å²) in [5, 5.41) is 2.70. The maximum absolute atomic E-state index is 11.9. The first kappa shape index (κ1) is 14.0. The topological polar surface area (TPSA) is 81.7 Å². The molecule has 1 aromatic carbocycles. The Bertz CT molecular complexity index is 536. The van der Waals surface area contributed by atoms with Gasteiger partial charge in [-0.1, -0.05) is 12.1 Å². The number of rotatable bonds is 5. The third kappa shape index (κ3) is 3.57. The second kappa shape index (κ2) is 6.18. The van der Waals surface area contributed by atoms with Gasteiger partial charge in [-0.3, -0.25) is 4.79 Å². The molecule has 20 heavy (non-hydrogen) atoms. The Balaban J connectivity index is 1.97. The molecule has 2 rings (SSSR count). The van der Waals surface area contributed by atoms with Crippen molar-refractivity contribution in [2.75, 3.05) is 13.7 Å². The molecule has 0 aromatic heterocycles. The number of carbonyl (C=O) groups excluding carboxylic acids is 3. The molecule has 0 spiro atoms. The van der Waals surface area contributed by atoms with Gasteiger partial charge in [0, 0.05) is 6.04 Å². The van der Waals surface area contributed by atoms with E-state index in [2.05, 4.69) is 10.1 Å². The fourth-order valence-electron chi connectivity index (χ4n) is 1.65. The summed E-state index contributed by atoms with van der Waals surface area (Å²) in [7, 11) is 1.23. The third-order valence-corrected chi connectivity index (χ3v) is 2.83. The number of benzene rings is 1. The predicted molar refractivity (Wildman–Crippen MR) is 69.2 cm³/mol.